The van der Waals surface area contributed by atoms with E-state index < -0.39 is 23.6 Å². The predicted molar refractivity (Wildman–Crippen MR) is 119 cm³/mol. The quantitative estimate of drug-likeness (QED) is 0.287. The summed E-state index contributed by atoms with van der Waals surface area (Å²) in [5.74, 6) is -1.02. The number of nitrogens with one attached hydrogen (secondary N) is 1. The second kappa shape index (κ2) is 10.9. The number of rotatable bonds is 8. The molecule has 3 N–H and O–H groups in total. The van der Waals surface area contributed by atoms with Crippen molar-refractivity contribution in [3.63, 3.8) is 0 Å². The minimum absolute atomic E-state index is 0.106. The van der Waals surface area contributed by atoms with Crippen LogP contribution in [0, 0.1) is 14.9 Å². The zero-order valence-electron chi connectivity index (χ0n) is 16.6. The summed E-state index contributed by atoms with van der Waals surface area (Å²) in [6, 6.07) is 8.88. The van der Waals surface area contributed by atoms with E-state index in [4.69, 9.17) is 15.2 Å². The van der Waals surface area contributed by atoms with Gasteiger partial charge >= 0.3 is 6.18 Å². The third-order valence-corrected chi connectivity index (χ3v) is 4.62. The van der Waals surface area contributed by atoms with E-state index >= 15 is 0 Å². The Bertz CT molecular complexity index is 1090. The summed E-state index contributed by atoms with van der Waals surface area (Å²) in [4.78, 5) is 23.5. The number of hydrogen-bond donors (Lipinski definition) is 2. The average molecular weight is 559 g/mol. The number of alkyl halides is 3. The Hall–Kier alpha value is -3.27. The summed E-state index contributed by atoms with van der Waals surface area (Å²) in [6.45, 7) is 1.64. The van der Waals surface area contributed by atoms with Crippen LogP contribution in [0.15, 0.2) is 42.0 Å². The van der Waals surface area contributed by atoms with Crippen molar-refractivity contribution >= 4 is 46.2 Å². The van der Waals surface area contributed by atoms with E-state index in [0.29, 0.717) is 9.13 Å². The molecule has 2 aromatic rings. The van der Waals surface area contributed by atoms with Gasteiger partial charge in [0.05, 0.1) is 15.7 Å². The topological polar surface area (TPSA) is 114 Å². The van der Waals surface area contributed by atoms with Crippen LogP contribution < -0.4 is 20.5 Å². The molecule has 11 heteroatoms. The van der Waals surface area contributed by atoms with Gasteiger partial charge in [0.1, 0.15) is 11.6 Å². The molecule has 0 saturated carbocycles. The zero-order chi connectivity index (χ0) is 23.9. The highest BCUT2D eigenvalue weighted by molar-refractivity contribution is 14.1. The lowest BCUT2D eigenvalue weighted by Gasteiger charge is -2.14. The largest absolute Gasteiger partial charge is 0.490 e. The van der Waals surface area contributed by atoms with Crippen LogP contribution in [0.25, 0.3) is 6.08 Å². The molecule has 2 rings (SSSR count). The molecule has 0 saturated heterocycles. The first-order valence-electron chi connectivity index (χ1n) is 9.03. The van der Waals surface area contributed by atoms with E-state index in [-0.39, 0.29) is 36.0 Å². The highest BCUT2D eigenvalue weighted by atomic mass is 127. The lowest BCUT2D eigenvalue weighted by molar-refractivity contribution is -0.137. The van der Waals surface area contributed by atoms with Crippen molar-refractivity contribution in [2.45, 2.75) is 13.1 Å². The van der Waals surface area contributed by atoms with Crippen LogP contribution in [0.5, 0.6) is 11.5 Å². The number of carbonyl (C=O) groups is 2. The standard InChI is InChI=1S/C21H17F3IN3O4/c1-2-31-17-8-12(7-16(25)19(17)32-11-18(27)29)6-13(10-26)20(30)28-15-5-3-4-14(9-15)21(22,23)24/h3-9H,2,11H2,1H3,(H2,27,29)(H,28,30)/b13-6+. The van der Waals surface area contributed by atoms with Gasteiger partial charge in [-0.2, -0.15) is 18.4 Å². The number of nitriles is 1. The normalized spacial score (nSPS) is 11.4. The number of amides is 2. The van der Waals surface area contributed by atoms with Crippen LogP contribution in [-0.2, 0) is 15.8 Å². The van der Waals surface area contributed by atoms with E-state index in [2.05, 4.69) is 5.32 Å². The second-order valence-corrected chi connectivity index (χ2v) is 7.38. The first-order valence-corrected chi connectivity index (χ1v) is 10.1. The third kappa shape index (κ3) is 6.88. The van der Waals surface area contributed by atoms with E-state index in [1.54, 1.807) is 19.1 Å². The van der Waals surface area contributed by atoms with Crippen LogP contribution >= 0.6 is 22.6 Å². The molecule has 0 aliphatic carbocycles. The molecule has 7 nitrogen and oxygen atoms in total. The van der Waals surface area contributed by atoms with Crippen molar-refractivity contribution in [1.82, 2.24) is 0 Å². The number of ether oxygens (including phenoxy) is 2. The molecular weight excluding hydrogens is 542 g/mol. The lowest BCUT2D eigenvalue weighted by atomic mass is 10.1. The Balaban J connectivity index is 2.33. The molecule has 0 fully saturated rings. The van der Waals surface area contributed by atoms with Crippen molar-refractivity contribution in [2.75, 3.05) is 18.5 Å². The molecule has 0 unspecified atom stereocenters. The number of hydrogen-bond acceptors (Lipinski definition) is 5. The summed E-state index contributed by atoms with van der Waals surface area (Å²) in [7, 11) is 0. The molecule has 0 aliphatic heterocycles. The van der Waals surface area contributed by atoms with Gasteiger partial charge in [-0.05, 0) is 71.5 Å². The Morgan fingerprint density at radius 1 is 1.25 bits per heavy atom. The van der Waals surface area contributed by atoms with Crippen molar-refractivity contribution in [1.29, 1.82) is 5.26 Å². The van der Waals surface area contributed by atoms with Crippen molar-refractivity contribution in [3.8, 4) is 17.6 Å². The van der Waals surface area contributed by atoms with Gasteiger partial charge in [-0.15, -0.1) is 0 Å². The van der Waals surface area contributed by atoms with Crippen LogP contribution in [0.1, 0.15) is 18.1 Å². The molecule has 0 atom stereocenters. The monoisotopic (exact) mass is 559 g/mol. The Morgan fingerprint density at radius 2 is 1.97 bits per heavy atom. The van der Waals surface area contributed by atoms with Gasteiger partial charge in [0, 0.05) is 5.69 Å². The van der Waals surface area contributed by atoms with Crippen LogP contribution in [0.4, 0.5) is 18.9 Å². The summed E-state index contributed by atoms with van der Waals surface area (Å²) < 4.78 is 50.0. The minimum Gasteiger partial charge on any atom is -0.490 e. The third-order valence-electron chi connectivity index (χ3n) is 3.81. The number of carbonyl (C=O) groups excluding carboxylic acids is 2. The second-order valence-electron chi connectivity index (χ2n) is 6.22. The maximum atomic E-state index is 12.9. The number of anilines is 1. The van der Waals surface area contributed by atoms with E-state index in [1.165, 1.54) is 18.2 Å². The molecule has 2 aromatic carbocycles. The van der Waals surface area contributed by atoms with Crippen molar-refractivity contribution in [3.05, 3.63) is 56.7 Å². The fourth-order valence-corrected chi connectivity index (χ4v) is 3.29. The predicted octanol–water partition coefficient (Wildman–Crippen LogP) is 4.12. The van der Waals surface area contributed by atoms with Crippen LogP contribution in [0.3, 0.4) is 0 Å². The highest BCUT2D eigenvalue weighted by Gasteiger charge is 2.30. The van der Waals surface area contributed by atoms with Gasteiger partial charge in [-0.1, -0.05) is 6.07 Å². The molecular formula is C21H17F3IN3O4. The molecule has 2 amide bonds. The molecule has 32 heavy (non-hydrogen) atoms. The van der Waals surface area contributed by atoms with Gasteiger partial charge in [-0.3, -0.25) is 9.59 Å². The maximum absolute atomic E-state index is 12.9. The van der Waals surface area contributed by atoms with Crippen molar-refractivity contribution in [2.24, 2.45) is 5.73 Å². The van der Waals surface area contributed by atoms with Gasteiger partial charge in [0.15, 0.2) is 18.1 Å². The Labute approximate surface area is 195 Å². The van der Waals surface area contributed by atoms with E-state index in [1.807, 2.05) is 22.6 Å². The van der Waals surface area contributed by atoms with Gasteiger partial charge < -0.3 is 20.5 Å². The first kappa shape index (κ1) is 25.0. The minimum atomic E-state index is -4.57. The number of halogens is 4. The van der Waals surface area contributed by atoms with Gasteiger partial charge in [0.2, 0.25) is 0 Å². The van der Waals surface area contributed by atoms with E-state index in [9.17, 15) is 28.0 Å². The molecule has 0 heterocycles. The molecule has 0 aliphatic rings. The highest BCUT2D eigenvalue weighted by Crippen LogP contribution is 2.35. The number of nitrogens with zero attached hydrogens (tertiary/aromatic N) is 1. The van der Waals surface area contributed by atoms with Crippen LogP contribution in [0.2, 0.25) is 0 Å². The van der Waals surface area contributed by atoms with Gasteiger partial charge in [0.25, 0.3) is 11.8 Å². The summed E-state index contributed by atoms with van der Waals surface area (Å²) in [5.41, 5.74) is 4.12. The summed E-state index contributed by atoms with van der Waals surface area (Å²) in [6.07, 6.45) is -3.31. The van der Waals surface area contributed by atoms with E-state index in [0.717, 1.165) is 18.2 Å². The zero-order valence-corrected chi connectivity index (χ0v) is 18.8. The van der Waals surface area contributed by atoms with Crippen molar-refractivity contribution < 1.29 is 32.2 Å². The number of primary amides is 1. The number of benzene rings is 2. The molecule has 0 aromatic heterocycles. The Morgan fingerprint density at radius 3 is 2.56 bits per heavy atom. The summed E-state index contributed by atoms with van der Waals surface area (Å²) in [5, 5.41) is 11.7. The maximum Gasteiger partial charge on any atom is 0.416 e. The average Bonchev–Trinajstić information content (AvgIpc) is 2.71. The lowest BCUT2D eigenvalue weighted by Crippen LogP contribution is -2.20. The fourth-order valence-electron chi connectivity index (χ4n) is 2.50. The van der Waals surface area contributed by atoms with Gasteiger partial charge in [-0.25, -0.2) is 0 Å². The first-order chi connectivity index (χ1) is 15.0. The van der Waals surface area contributed by atoms with Crippen LogP contribution in [-0.4, -0.2) is 25.0 Å². The smallest absolute Gasteiger partial charge is 0.416 e. The fraction of sp³-hybridized carbons (Fsp3) is 0.190. The Kier molecular flexibility index (Phi) is 8.48. The number of nitrogens with two attached hydrogens (primary N) is 1. The molecule has 168 valence electrons. The molecule has 0 bridgehead atoms. The summed E-state index contributed by atoms with van der Waals surface area (Å²) >= 11 is 1.93. The molecule has 0 spiro atoms. The SMILES string of the molecule is CCOc1cc(/C=C(\C#N)C(=O)Nc2cccc(C(F)(F)F)c2)cc(I)c1OCC(N)=O. The molecule has 0 radical (unpaired) electrons.